The van der Waals surface area contributed by atoms with E-state index in [1.165, 1.54) is 11.1 Å². The van der Waals surface area contributed by atoms with Gasteiger partial charge in [-0.15, -0.1) is 0 Å². The van der Waals surface area contributed by atoms with E-state index in [0.29, 0.717) is 12.5 Å². The minimum Gasteiger partial charge on any atom is -0.496 e. The Labute approximate surface area is 159 Å². The summed E-state index contributed by atoms with van der Waals surface area (Å²) in [6.45, 7) is 5.76. The van der Waals surface area contributed by atoms with Crippen LogP contribution in [0.2, 0.25) is 0 Å². The summed E-state index contributed by atoms with van der Waals surface area (Å²) >= 11 is 1.73. The average Bonchev–Trinajstić information content (AvgIpc) is 3.29. The summed E-state index contributed by atoms with van der Waals surface area (Å²) in [6, 6.07) is 6.33. The number of methoxy groups -OCH3 is 1. The Morgan fingerprint density at radius 1 is 1.42 bits per heavy atom. The lowest BCUT2D eigenvalue weighted by Crippen LogP contribution is -2.38. The van der Waals surface area contributed by atoms with Crippen LogP contribution in [0.15, 0.2) is 34.0 Å². The molecule has 1 aromatic carbocycles. The highest BCUT2D eigenvalue weighted by atomic mass is 32.1. The molecule has 1 aromatic heterocycles. The van der Waals surface area contributed by atoms with Crippen LogP contribution in [0.3, 0.4) is 0 Å². The second-order valence-electron chi connectivity index (χ2n) is 6.67. The Morgan fingerprint density at radius 3 is 2.96 bits per heavy atom. The number of guanidine groups is 1. The lowest BCUT2D eigenvalue weighted by Gasteiger charge is -2.17. The Balaban J connectivity index is 1.59. The SMILES string of the molecule is CN=C(NCc1cc2c(cc1OC)CC(C)O2)NCC(C)c1ccsc1. The fourth-order valence-corrected chi connectivity index (χ4v) is 3.91. The van der Waals surface area contributed by atoms with E-state index in [1.807, 2.05) is 0 Å². The Bertz CT molecular complexity index is 759. The van der Waals surface area contributed by atoms with Gasteiger partial charge in [0.05, 0.1) is 7.11 Å². The minimum absolute atomic E-state index is 0.228. The zero-order valence-corrected chi connectivity index (χ0v) is 16.7. The summed E-state index contributed by atoms with van der Waals surface area (Å²) in [6.07, 6.45) is 1.16. The lowest BCUT2D eigenvalue weighted by molar-refractivity contribution is 0.254. The van der Waals surface area contributed by atoms with Gasteiger partial charge < -0.3 is 20.1 Å². The van der Waals surface area contributed by atoms with Gasteiger partial charge in [0.1, 0.15) is 17.6 Å². The molecule has 0 bridgehead atoms. The Kier molecular flexibility index (Phi) is 6.04. The quantitative estimate of drug-likeness (QED) is 0.601. The molecule has 0 amide bonds. The van der Waals surface area contributed by atoms with Crippen molar-refractivity contribution in [2.45, 2.75) is 38.8 Å². The summed E-state index contributed by atoms with van der Waals surface area (Å²) in [4.78, 5) is 4.32. The molecule has 1 aliphatic rings. The molecule has 0 fully saturated rings. The van der Waals surface area contributed by atoms with Crippen molar-refractivity contribution in [2.24, 2.45) is 4.99 Å². The summed E-state index contributed by atoms with van der Waals surface area (Å²) in [5, 5.41) is 11.1. The number of rotatable bonds is 6. The van der Waals surface area contributed by atoms with Crippen LogP contribution in [-0.4, -0.2) is 32.8 Å². The van der Waals surface area contributed by atoms with Crippen LogP contribution in [0.1, 0.15) is 36.5 Å². The molecule has 2 unspecified atom stereocenters. The van der Waals surface area contributed by atoms with E-state index in [4.69, 9.17) is 9.47 Å². The van der Waals surface area contributed by atoms with Crippen molar-refractivity contribution in [1.82, 2.24) is 10.6 Å². The molecule has 2 N–H and O–H groups in total. The molecular weight excluding hydrogens is 346 g/mol. The predicted octanol–water partition coefficient (Wildman–Crippen LogP) is 3.55. The molecule has 0 radical (unpaired) electrons. The highest BCUT2D eigenvalue weighted by molar-refractivity contribution is 7.07. The summed E-state index contributed by atoms with van der Waals surface area (Å²) in [5.74, 6) is 3.06. The molecular formula is C20H27N3O2S. The number of hydrogen-bond acceptors (Lipinski definition) is 4. The van der Waals surface area contributed by atoms with Crippen molar-refractivity contribution in [2.75, 3.05) is 20.7 Å². The summed E-state index contributed by atoms with van der Waals surface area (Å²) < 4.78 is 11.4. The monoisotopic (exact) mass is 373 g/mol. The number of thiophene rings is 1. The normalized spacial score (nSPS) is 17.4. The van der Waals surface area contributed by atoms with Crippen LogP contribution in [0.25, 0.3) is 0 Å². The zero-order valence-electron chi connectivity index (χ0n) is 15.8. The zero-order chi connectivity index (χ0) is 18.5. The first-order valence-corrected chi connectivity index (χ1v) is 9.88. The predicted molar refractivity (Wildman–Crippen MR) is 108 cm³/mol. The van der Waals surface area contributed by atoms with E-state index in [-0.39, 0.29) is 6.10 Å². The number of fused-ring (bicyclic) bond motifs is 1. The molecule has 2 aromatic rings. The van der Waals surface area contributed by atoms with Gasteiger partial charge in [-0.25, -0.2) is 0 Å². The van der Waals surface area contributed by atoms with Crippen LogP contribution in [-0.2, 0) is 13.0 Å². The third-order valence-corrected chi connectivity index (χ3v) is 5.36. The first-order chi connectivity index (χ1) is 12.6. The maximum absolute atomic E-state index is 5.87. The van der Waals surface area contributed by atoms with Gasteiger partial charge >= 0.3 is 0 Å². The van der Waals surface area contributed by atoms with Crippen molar-refractivity contribution in [3.8, 4) is 11.5 Å². The number of aliphatic imine (C=N–C) groups is 1. The largest absolute Gasteiger partial charge is 0.496 e. The first kappa shape index (κ1) is 18.6. The number of ether oxygens (including phenoxy) is 2. The van der Waals surface area contributed by atoms with Gasteiger partial charge in [-0.2, -0.15) is 11.3 Å². The molecule has 26 heavy (non-hydrogen) atoms. The van der Waals surface area contributed by atoms with Crippen molar-refractivity contribution >= 4 is 17.3 Å². The molecule has 0 spiro atoms. The van der Waals surface area contributed by atoms with E-state index in [9.17, 15) is 0 Å². The van der Waals surface area contributed by atoms with Crippen molar-refractivity contribution in [3.05, 3.63) is 45.6 Å². The van der Waals surface area contributed by atoms with Gasteiger partial charge in [0.15, 0.2) is 5.96 Å². The Morgan fingerprint density at radius 2 is 2.27 bits per heavy atom. The Hall–Kier alpha value is -2.21. The summed E-state index contributed by atoms with van der Waals surface area (Å²) in [7, 11) is 3.50. The molecule has 2 heterocycles. The van der Waals surface area contributed by atoms with Crippen LogP contribution < -0.4 is 20.1 Å². The molecule has 2 atom stereocenters. The minimum atomic E-state index is 0.228. The molecule has 1 aliphatic heterocycles. The van der Waals surface area contributed by atoms with Gasteiger partial charge in [-0.05, 0) is 47.4 Å². The fraction of sp³-hybridized carbons (Fsp3) is 0.450. The third kappa shape index (κ3) is 4.30. The summed E-state index contributed by atoms with van der Waals surface area (Å²) in [5.41, 5.74) is 3.63. The lowest BCUT2D eigenvalue weighted by atomic mass is 10.1. The fourth-order valence-electron chi connectivity index (χ4n) is 3.13. The molecule has 3 rings (SSSR count). The topological polar surface area (TPSA) is 54.9 Å². The molecule has 0 saturated carbocycles. The second-order valence-corrected chi connectivity index (χ2v) is 7.45. The molecule has 0 saturated heterocycles. The average molecular weight is 374 g/mol. The molecule has 5 nitrogen and oxygen atoms in total. The van der Waals surface area contributed by atoms with Crippen LogP contribution in [0.4, 0.5) is 0 Å². The van der Waals surface area contributed by atoms with Gasteiger partial charge in [0.2, 0.25) is 0 Å². The van der Waals surface area contributed by atoms with E-state index < -0.39 is 0 Å². The van der Waals surface area contributed by atoms with Gasteiger partial charge in [-0.3, -0.25) is 4.99 Å². The highest BCUT2D eigenvalue weighted by Crippen LogP contribution is 2.34. The maximum Gasteiger partial charge on any atom is 0.191 e. The molecule has 140 valence electrons. The van der Waals surface area contributed by atoms with Crippen LogP contribution in [0, 0.1) is 0 Å². The molecule has 6 heteroatoms. The third-order valence-electron chi connectivity index (χ3n) is 4.66. The second kappa shape index (κ2) is 8.45. The van der Waals surface area contributed by atoms with Crippen molar-refractivity contribution in [1.29, 1.82) is 0 Å². The van der Waals surface area contributed by atoms with E-state index in [0.717, 1.165) is 36.0 Å². The number of nitrogens with zero attached hydrogens (tertiary/aromatic N) is 1. The van der Waals surface area contributed by atoms with Crippen LogP contribution in [0.5, 0.6) is 11.5 Å². The number of nitrogens with one attached hydrogen (secondary N) is 2. The van der Waals surface area contributed by atoms with E-state index >= 15 is 0 Å². The smallest absolute Gasteiger partial charge is 0.191 e. The van der Waals surface area contributed by atoms with Crippen LogP contribution >= 0.6 is 11.3 Å². The highest BCUT2D eigenvalue weighted by Gasteiger charge is 2.21. The number of benzene rings is 1. The van der Waals surface area contributed by atoms with E-state index in [2.05, 4.69) is 58.4 Å². The number of hydrogen-bond donors (Lipinski definition) is 2. The van der Waals surface area contributed by atoms with Gasteiger partial charge in [0, 0.05) is 37.7 Å². The first-order valence-electron chi connectivity index (χ1n) is 8.93. The standard InChI is InChI=1S/C20H27N3O2S/c1-13(15-5-6-26-12-15)10-22-20(21-3)23-11-17-9-19-16(7-14(2)25-19)8-18(17)24-4/h5-6,8-9,12-14H,7,10-11H2,1-4H3,(H2,21,22,23). The van der Waals surface area contributed by atoms with E-state index in [1.54, 1.807) is 25.5 Å². The molecule has 0 aliphatic carbocycles. The van der Waals surface area contributed by atoms with Gasteiger partial charge in [-0.1, -0.05) is 6.92 Å². The van der Waals surface area contributed by atoms with Gasteiger partial charge in [0.25, 0.3) is 0 Å². The van der Waals surface area contributed by atoms with Crippen molar-refractivity contribution < 1.29 is 9.47 Å². The van der Waals surface area contributed by atoms with Crippen molar-refractivity contribution in [3.63, 3.8) is 0 Å². The maximum atomic E-state index is 5.87.